The molecule has 12 heavy (non-hydrogen) atoms. The number of rotatable bonds is 1. The van der Waals surface area contributed by atoms with Crippen LogP contribution < -0.4 is 0 Å². The molecule has 1 aliphatic carbocycles. The molecule has 0 aromatic carbocycles. The van der Waals surface area contributed by atoms with Crippen molar-refractivity contribution in [1.82, 2.24) is 0 Å². The van der Waals surface area contributed by atoms with Crippen LogP contribution in [0.4, 0.5) is 8.78 Å². The molecule has 0 saturated heterocycles. The van der Waals surface area contributed by atoms with Gasteiger partial charge in [0.2, 0.25) is 0 Å². The van der Waals surface area contributed by atoms with Crippen molar-refractivity contribution in [2.24, 2.45) is 5.41 Å². The molecule has 68 valence electrons. The second-order valence-corrected chi connectivity index (χ2v) is 3.57. The number of hydrogen-bond donors (Lipinski definition) is 1. The lowest BCUT2D eigenvalue weighted by Crippen LogP contribution is -2.50. The third-order valence-electron chi connectivity index (χ3n) is 2.12. The van der Waals surface area contributed by atoms with Crippen LogP contribution in [0.25, 0.3) is 0 Å². The van der Waals surface area contributed by atoms with Gasteiger partial charge >= 0.3 is 5.97 Å². The average molecular weight is 197 g/mol. The van der Waals surface area contributed by atoms with Crippen molar-refractivity contribution in [2.75, 3.05) is 0 Å². The van der Waals surface area contributed by atoms with Crippen LogP contribution in [-0.2, 0) is 4.79 Å². The predicted octanol–water partition coefficient (Wildman–Crippen LogP) is 2.24. The van der Waals surface area contributed by atoms with Crippen LogP contribution in [0.1, 0.15) is 13.8 Å². The zero-order chi connectivity index (χ0) is 9.73. The zero-order valence-corrected chi connectivity index (χ0v) is 7.25. The highest BCUT2D eigenvalue weighted by atomic mass is 35.5. The highest BCUT2D eigenvalue weighted by Crippen LogP contribution is 2.59. The predicted molar refractivity (Wildman–Crippen MR) is 39.2 cm³/mol. The number of halogens is 3. The standard InChI is InChI=1S/C7H7ClF2O2/c1-6(2)3(5(11)12)4(8)7(6,9)10/h1-2H3,(H,11,12). The van der Waals surface area contributed by atoms with E-state index in [1.54, 1.807) is 0 Å². The Bertz CT molecular complexity index is 281. The molecule has 0 aliphatic heterocycles. The molecule has 0 saturated carbocycles. The fourth-order valence-corrected chi connectivity index (χ4v) is 1.71. The maximum absolute atomic E-state index is 12.9. The van der Waals surface area contributed by atoms with Crippen LogP contribution >= 0.6 is 11.6 Å². The molecule has 1 N–H and O–H groups in total. The lowest BCUT2D eigenvalue weighted by Gasteiger charge is -2.43. The van der Waals surface area contributed by atoms with Crippen molar-refractivity contribution in [3.05, 3.63) is 10.6 Å². The molecule has 2 nitrogen and oxygen atoms in total. The van der Waals surface area contributed by atoms with Crippen LogP contribution in [-0.4, -0.2) is 17.0 Å². The molecule has 0 atom stereocenters. The molecule has 0 aromatic heterocycles. The van der Waals surface area contributed by atoms with Gasteiger partial charge in [-0.2, -0.15) is 8.78 Å². The molecule has 0 unspecified atom stereocenters. The summed E-state index contributed by atoms with van der Waals surface area (Å²) in [5, 5.41) is 7.65. The Morgan fingerprint density at radius 1 is 1.50 bits per heavy atom. The smallest absolute Gasteiger partial charge is 0.333 e. The van der Waals surface area contributed by atoms with Gasteiger partial charge in [0.15, 0.2) is 0 Å². The fraction of sp³-hybridized carbons (Fsp3) is 0.571. The first-order chi connectivity index (χ1) is 5.23. The SMILES string of the molecule is CC1(C)C(C(=O)O)=C(Cl)C1(F)F. The van der Waals surface area contributed by atoms with Crippen molar-refractivity contribution >= 4 is 17.6 Å². The number of carbonyl (C=O) groups is 1. The molecule has 1 aliphatic rings. The Morgan fingerprint density at radius 3 is 2.08 bits per heavy atom. The van der Waals surface area contributed by atoms with Gasteiger partial charge in [-0.05, 0) is 13.8 Å². The van der Waals surface area contributed by atoms with E-state index in [1.165, 1.54) is 0 Å². The summed E-state index contributed by atoms with van der Waals surface area (Å²) >= 11 is 5.13. The summed E-state index contributed by atoms with van der Waals surface area (Å²) in [6, 6.07) is 0. The lowest BCUT2D eigenvalue weighted by atomic mass is 9.68. The van der Waals surface area contributed by atoms with Gasteiger partial charge in [0.05, 0.1) is 16.0 Å². The largest absolute Gasteiger partial charge is 0.478 e. The van der Waals surface area contributed by atoms with Gasteiger partial charge in [-0.3, -0.25) is 0 Å². The molecule has 0 fully saturated rings. The minimum Gasteiger partial charge on any atom is -0.478 e. The highest BCUT2D eigenvalue weighted by Gasteiger charge is 2.64. The third-order valence-corrected chi connectivity index (χ3v) is 2.55. The van der Waals surface area contributed by atoms with Crippen molar-refractivity contribution in [2.45, 2.75) is 19.8 Å². The monoisotopic (exact) mass is 196 g/mol. The Kier molecular flexibility index (Phi) is 1.72. The quantitative estimate of drug-likeness (QED) is 0.698. The van der Waals surface area contributed by atoms with Gasteiger partial charge in [0.25, 0.3) is 5.92 Å². The topological polar surface area (TPSA) is 37.3 Å². The van der Waals surface area contributed by atoms with Crippen molar-refractivity contribution < 1.29 is 18.7 Å². The fourth-order valence-electron chi connectivity index (χ4n) is 1.16. The first-order valence-electron chi connectivity index (χ1n) is 3.24. The number of alkyl halides is 2. The molecular weight excluding hydrogens is 190 g/mol. The molecule has 1 rings (SSSR count). The summed E-state index contributed by atoms with van der Waals surface area (Å²) in [5.41, 5.74) is -2.05. The van der Waals surface area contributed by atoms with E-state index in [0.29, 0.717) is 0 Å². The summed E-state index contributed by atoms with van der Waals surface area (Å²) in [4.78, 5) is 10.4. The summed E-state index contributed by atoms with van der Waals surface area (Å²) in [7, 11) is 0. The number of hydrogen-bond acceptors (Lipinski definition) is 1. The maximum atomic E-state index is 12.9. The molecule has 0 bridgehead atoms. The molecular formula is C7H7ClF2O2. The average Bonchev–Trinajstić information content (AvgIpc) is 1.85. The Morgan fingerprint density at radius 2 is 1.92 bits per heavy atom. The van der Waals surface area contributed by atoms with E-state index in [4.69, 9.17) is 16.7 Å². The number of allylic oxidation sites excluding steroid dienone is 1. The van der Waals surface area contributed by atoms with Gasteiger partial charge in [-0.15, -0.1) is 0 Å². The van der Waals surface area contributed by atoms with Crippen LogP contribution in [0, 0.1) is 5.41 Å². The van der Waals surface area contributed by atoms with Crippen LogP contribution in [0.2, 0.25) is 0 Å². The first kappa shape index (κ1) is 9.45. The lowest BCUT2D eigenvalue weighted by molar-refractivity contribution is -0.142. The first-order valence-corrected chi connectivity index (χ1v) is 3.62. The van der Waals surface area contributed by atoms with Crippen molar-refractivity contribution in [3.63, 3.8) is 0 Å². The Hall–Kier alpha value is -0.640. The third kappa shape index (κ3) is 0.813. The molecule has 0 aromatic rings. The van der Waals surface area contributed by atoms with E-state index >= 15 is 0 Å². The molecule has 5 heteroatoms. The van der Waals surface area contributed by atoms with E-state index in [9.17, 15) is 13.6 Å². The van der Waals surface area contributed by atoms with Crippen LogP contribution in [0.15, 0.2) is 10.6 Å². The second kappa shape index (κ2) is 2.19. The van der Waals surface area contributed by atoms with Gasteiger partial charge in [0.1, 0.15) is 0 Å². The number of carboxylic acid groups (broad SMARTS) is 1. The zero-order valence-electron chi connectivity index (χ0n) is 6.49. The molecule has 0 radical (unpaired) electrons. The molecule has 0 amide bonds. The van der Waals surface area contributed by atoms with Crippen LogP contribution in [0.3, 0.4) is 0 Å². The van der Waals surface area contributed by atoms with Crippen molar-refractivity contribution in [3.8, 4) is 0 Å². The Balaban J connectivity index is 3.21. The van der Waals surface area contributed by atoms with Crippen molar-refractivity contribution in [1.29, 1.82) is 0 Å². The van der Waals surface area contributed by atoms with E-state index in [1.807, 2.05) is 0 Å². The maximum Gasteiger partial charge on any atom is 0.333 e. The van der Waals surface area contributed by atoms with E-state index in [2.05, 4.69) is 0 Å². The Labute approximate surface area is 72.8 Å². The summed E-state index contributed by atoms with van der Waals surface area (Å²) in [6.45, 7) is 2.31. The van der Waals surface area contributed by atoms with Gasteiger partial charge in [-0.1, -0.05) is 11.6 Å². The van der Waals surface area contributed by atoms with Gasteiger partial charge < -0.3 is 5.11 Å². The minimum absolute atomic E-state index is 0.394. The summed E-state index contributed by atoms with van der Waals surface area (Å²) < 4.78 is 25.7. The minimum atomic E-state index is -3.21. The molecule has 0 spiro atoms. The van der Waals surface area contributed by atoms with Gasteiger partial charge in [0, 0.05) is 0 Å². The highest BCUT2D eigenvalue weighted by molar-refractivity contribution is 6.34. The second-order valence-electron chi connectivity index (χ2n) is 3.19. The normalized spacial score (nSPS) is 25.1. The van der Waals surface area contributed by atoms with Crippen LogP contribution in [0.5, 0.6) is 0 Å². The summed E-state index contributed by atoms with van der Waals surface area (Å²) in [6.07, 6.45) is 0. The van der Waals surface area contributed by atoms with E-state index in [0.717, 1.165) is 13.8 Å². The summed E-state index contributed by atoms with van der Waals surface area (Å²) in [5.74, 6) is -4.58. The molecule has 0 heterocycles. The number of aliphatic carboxylic acids is 1. The van der Waals surface area contributed by atoms with Gasteiger partial charge in [-0.25, -0.2) is 4.79 Å². The number of carboxylic acids is 1. The van der Waals surface area contributed by atoms with E-state index in [-0.39, 0.29) is 0 Å². The van der Waals surface area contributed by atoms with E-state index < -0.39 is 27.9 Å².